The third kappa shape index (κ3) is 4.95. The van der Waals surface area contributed by atoms with Crippen molar-refractivity contribution in [1.29, 1.82) is 0 Å². The van der Waals surface area contributed by atoms with Crippen molar-refractivity contribution in [2.45, 2.75) is 5.03 Å². The Labute approximate surface area is 195 Å². The lowest BCUT2D eigenvalue weighted by molar-refractivity contribution is -0.113. The van der Waals surface area contributed by atoms with Crippen LogP contribution in [0.5, 0.6) is 0 Å². The minimum absolute atomic E-state index is 0.164. The number of carbonyl (C=O) groups excluding carboxylic acids is 2. The van der Waals surface area contributed by atoms with Crippen LogP contribution in [-0.2, 0) is 9.53 Å². The Balaban J connectivity index is 1.49. The maximum absolute atomic E-state index is 12.5. The molecule has 1 N–H and O–H groups in total. The summed E-state index contributed by atoms with van der Waals surface area (Å²) < 4.78 is 5.69. The van der Waals surface area contributed by atoms with Crippen molar-refractivity contribution in [3.05, 3.63) is 70.3 Å². The van der Waals surface area contributed by atoms with Gasteiger partial charge in [-0.25, -0.2) is 14.8 Å². The van der Waals surface area contributed by atoms with Crippen molar-refractivity contribution in [2.75, 3.05) is 18.2 Å². The Morgan fingerprint density at radius 1 is 1.10 bits per heavy atom. The maximum Gasteiger partial charge on any atom is 0.337 e. The van der Waals surface area contributed by atoms with Crippen LogP contribution in [0, 0.1) is 0 Å². The molecule has 0 saturated heterocycles. The number of esters is 1. The molecule has 0 saturated carbocycles. The largest absolute Gasteiger partial charge is 0.465 e. The van der Waals surface area contributed by atoms with Gasteiger partial charge in [0.25, 0.3) is 0 Å². The molecule has 0 bridgehead atoms. The van der Waals surface area contributed by atoms with Crippen LogP contribution in [0.4, 0.5) is 5.69 Å². The van der Waals surface area contributed by atoms with Gasteiger partial charge in [-0.15, -0.1) is 11.3 Å². The van der Waals surface area contributed by atoms with E-state index in [-0.39, 0.29) is 11.7 Å². The zero-order valence-corrected chi connectivity index (χ0v) is 19.5. The fourth-order valence-corrected chi connectivity index (χ4v) is 4.99. The van der Waals surface area contributed by atoms with Crippen LogP contribution >= 0.6 is 39.0 Å². The van der Waals surface area contributed by atoms with Crippen LogP contribution in [0.3, 0.4) is 0 Å². The first-order valence-corrected chi connectivity index (χ1v) is 11.8. The van der Waals surface area contributed by atoms with E-state index in [9.17, 15) is 9.59 Å². The van der Waals surface area contributed by atoms with Gasteiger partial charge in [0.05, 0.1) is 23.8 Å². The number of methoxy groups -OCH3 is 1. The lowest BCUT2D eigenvalue weighted by Crippen LogP contribution is -2.14. The van der Waals surface area contributed by atoms with Crippen molar-refractivity contribution in [2.24, 2.45) is 0 Å². The van der Waals surface area contributed by atoms with Crippen LogP contribution < -0.4 is 5.32 Å². The van der Waals surface area contributed by atoms with Gasteiger partial charge in [0.1, 0.15) is 16.2 Å². The zero-order chi connectivity index (χ0) is 21.8. The Morgan fingerprint density at radius 2 is 1.84 bits per heavy atom. The number of aromatic nitrogens is 2. The number of anilines is 1. The van der Waals surface area contributed by atoms with E-state index >= 15 is 0 Å². The van der Waals surface area contributed by atoms with Crippen LogP contribution in [0.15, 0.2) is 69.7 Å². The van der Waals surface area contributed by atoms with E-state index in [4.69, 9.17) is 0 Å². The van der Waals surface area contributed by atoms with Gasteiger partial charge >= 0.3 is 5.97 Å². The monoisotopic (exact) mass is 513 g/mol. The van der Waals surface area contributed by atoms with Gasteiger partial charge in [-0.05, 0) is 42.0 Å². The van der Waals surface area contributed by atoms with Crippen LogP contribution in [0.1, 0.15) is 10.4 Å². The van der Waals surface area contributed by atoms with E-state index in [0.29, 0.717) is 11.3 Å². The number of benzene rings is 2. The van der Waals surface area contributed by atoms with E-state index in [0.717, 1.165) is 30.8 Å². The highest BCUT2D eigenvalue weighted by Gasteiger charge is 2.15. The Hall–Kier alpha value is -2.75. The summed E-state index contributed by atoms with van der Waals surface area (Å²) in [5, 5.41) is 6.62. The molecule has 6 nitrogen and oxygen atoms in total. The highest BCUT2D eigenvalue weighted by molar-refractivity contribution is 9.10. The molecule has 0 aliphatic carbocycles. The summed E-state index contributed by atoms with van der Waals surface area (Å²) in [6, 6.07) is 14.6. The number of thiophene rings is 1. The standard InChI is InChI=1S/C22H16BrN3O3S2/c1-29-22(28)14-4-8-16(9-5-14)26-18(27)11-31-21-19-17(10-30-20(19)24-12-25-21)13-2-6-15(23)7-3-13/h2-10,12H,11H2,1H3,(H,26,27). The quantitative estimate of drug-likeness (QED) is 0.204. The topological polar surface area (TPSA) is 81.2 Å². The molecule has 0 fully saturated rings. The number of thioether (sulfide) groups is 1. The molecule has 0 spiro atoms. The number of nitrogens with zero attached hydrogens (tertiary/aromatic N) is 2. The second kappa shape index (κ2) is 9.59. The normalized spacial score (nSPS) is 10.8. The SMILES string of the molecule is COC(=O)c1ccc(NC(=O)CSc2ncnc3scc(-c4ccc(Br)cc4)c23)cc1. The molecule has 156 valence electrons. The molecule has 4 rings (SSSR count). The summed E-state index contributed by atoms with van der Waals surface area (Å²) >= 11 is 6.38. The Bertz CT molecular complexity index is 1240. The van der Waals surface area contributed by atoms with Gasteiger partial charge in [0.2, 0.25) is 5.91 Å². The number of amides is 1. The molecular weight excluding hydrogens is 498 g/mol. The summed E-state index contributed by atoms with van der Waals surface area (Å²) in [5.74, 6) is -0.387. The third-order valence-electron chi connectivity index (χ3n) is 4.42. The molecule has 0 aliphatic heterocycles. The molecule has 0 aliphatic rings. The predicted molar refractivity (Wildman–Crippen MR) is 128 cm³/mol. The molecule has 2 heterocycles. The number of halogens is 1. The number of fused-ring (bicyclic) bond motifs is 1. The smallest absolute Gasteiger partial charge is 0.337 e. The van der Waals surface area contributed by atoms with Gasteiger partial charge in [-0.1, -0.05) is 39.8 Å². The number of hydrogen-bond donors (Lipinski definition) is 1. The number of rotatable bonds is 6. The highest BCUT2D eigenvalue weighted by Crippen LogP contribution is 2.38. The molecule has 2 aromatic heterocycles. The van der Waals surface area contributed by atoms with Crippen molar-refractivity contribution in [3.63, 3.8) is 0 Å². The third-order valence-corrected chi connectivity index (χ3v) is 6.82. The average molecular weight is 514 g/mol. The number of carbonyl (C=O) groups is 2. The first-order chi connectivity index (χ1) is 15.0. The van der Waals surface area contributed by atoms with Crippen molar-refractivity contribution < 1.29 is 14.3 Å². The summed E-state index contributed by atoms with van der Waals surface area (Å²) in [4.78, 5) is 33.6. The van der Waals surface area contributed by atoms with Gasteiger partial charge in [0.15, 0.2) is 0 Å². The fraction of sp³-hybridized carbons (Fsp3) is 0.0909. The number of nitrogens with one attached hydrogen (secondary N) is 1. The van der Waals surface area contributed by atoms with Gasteiger partial charge < -0.3 is 10.1 Å². The van der Waals surface area contributed by atoms with Crippen molar-refractivity contribution in [3.8, 4) is 11.1 Å². The molecule has 1 amide bonds. The lowest BCUT2D eigenvalue weighted by atomic mass is 10.1. The number of ether oxygens (including phenoxy) is 1. The van der Waals surface area contributed by atoms with Gasteiger partial charge in [-0.3, -0.25) is 4.79 Å². The van der Waals surface area contributed by atoms with E-state index in [1.165, 1.54) is 25.2 Å². The molecule has 31 heavy (non-hydrogen) atoms. The molecule has 0 unspecified atom stereocenters. The van der Waals surface area contributed by atoms with E-state index in [2.05, 4.69) is 41.3 Å². The minimum Gasteiger partial charge on any atom is -0.465 e. The second-order valence-corrected chi connectivity index (χ2v) is 9.16. The van der Waals surface area contributed by atoms with Crippen molar-refractivity contribution >= 4 is 66.8 Å². The lowest BCUT2D eigenvalue weighted by Gasteiger charge is -2.07. The first-order valence-electron chi connectivity index (χ1n) is 9.14. The van der Waals surface area contributed by atoms with Gasteiger partial charge in [0, 0.05) is 21.1 Å². The Kier molecular flexibility index (Phi) is 6.64. The minimum atomic E-state index is -0.418. The zero-order valence-electron chi connectivity index (χ0n) is 16.3. The average Bonchev–Trinajstić information content (AvgIpc) is 3.23. The maximum atomic E-state index is 12.5. The fourth-order valence-electron chi connectivity index (χ4n) is 2.94. The summed E-state index contributed by atoms with van der Waals surface area (Å²) in [5.41, 5.74) is 3.16. The Morgan fingerprint density at radius 3 is 2.55 bits per heavy atom. The van der Waals surface area contributed by atoms with Gasteiger partial charge in [-0.2, -0.15) is 0 Å². The molecular formula is C22H16BrN3O3S2. The predicted octanol–water partition coefficient (Wildman–Crippen LogP) is 5.64. The second-order valence-electron chi connectivity index (χ2n) is 6.42. The van der Waals surface area contributed by atoms with Crippen LogP contribution in [0.25, 0.3) is 21.3 Å². The molecule has 9 heteroatoms. The summed E-state index contributed by atoms with van der Waals surface area (Å²) in [7, 11) is 1.33. The molecule has 0 atom stereocenters. The van der Waals surface area contributed by atoms with E-state index in [1.54, 1.807) is 35.6 Å². The van der Waals surface area contributed by atoms with Crippen LogP contribution in [0.2, 0.25) is 0 Å². The van der Waals surface area contributed by atoms with Crippen molar-refractivity contribution in [1.82, 2.24) is 9.97 Å². The van der Waals surface area contributed by atoms with E-state index < -0.39 is 5.97 Å². The summed E-state index contributed by atoms with van der Waals surface area (Å²) in [6.45, 7) is 0. The number of hydrogen-bond acceptors (Lipinski definition) is 7. The van der Waals surface area contributed by atoms with Crippen LogP contribution in [-0.4, -0.2) is 34.7 Å². The highest BCUT2D eigenvalue weighted by atomic mass is 79.9. The summed E-state index contributed by atoms with van der Waals surface area (Å²) in [6.07, 6.45) is 1.52. The molecule has 4 aromatic rings. The first kappa shape index (κ1) is 21.5. The molecule has 0 radical (unpaired) electrons. The van der Waals surface area contributed by atoms with E-state index in [1.807, 2.05) is 24.3 Å². The molecule has 2 aromatic carbocycles.